The second kappa shape index (κ2) is 8.04. The molecule has 1 aromatic rings. The zero-order valence-corrected chi connectivity index (χ0v) is 14.6. The average molecular weight is 356 g/mol. The van der Waals surface area contributed by atoms with Crippen LogP contribution in [0.25, 0.3) is 0 Å². The Morgan fingerprint density at radius 1 is 1.00 bits per heavy atom. The van der Waals surface area contributed by atoms with Crippen LogP contribution in [-0.2, 0) is 0 Å². The van der Waals surface area contributed by atoms with Crippen LogP contribution in [-0.4, -0.2) is 14.2 Å². The van der Waals surface area contributed by atoms with Crippen molar-refractivity contribution in [2.75, 3.05) is 14.2 Å². The van der Waals surface area contributed by atoms with Crippen LogP contribution < -0.4 is 15.2 Å². The molecule has 118 valence electrons. The fourth-order valence-electron chi connectivity index (χ4n) is 3.25. The van der Waals surface area contributed by atoms with Gasteiger partial charge in [0.1, 0.15) is 11.5 Å². The molecule has 21 heavy (non-hydrogen) atoms. The van der Waals surface area contributed by atoms with Crippen LogP contribution in [0.4, 0.5) is 0 Å². The Balaban J connectivity index is 2.25. The number of halogens is 1. The second-order valence-electron chi connectivity index (χ2n) is 5.86. The highest BCUT2D eigenvalue weighted by Crippen LogP contribution is 2.40. The summed E-state index contributed by atoms with van der Waals surface area (Å²) in [5, 5.41) is 0. The number of hydrogen-bond donors (Lipinski definition) is 1. The minimum atomic E-state index is 0.0139. The van der Waals surface area contributed by atoms with E-state index in [0.717, 1.165) is 21.5 Å². The van der Waals surface area contributed by atoms with Crippen LogP contribution in [0.2, 0.25) is 0 Å². The first-order valence-electron chi connectivity index (χ1n) is 7.84. The zero-order chi connectivity index (χ0) is 15.2. The third-order valence-corrected chi connectivity index (χ3v) is 5.14. The van der Waals surface area contributed by atoms with Crippen LogP contribution in [0.1, 0.15) is 56.6 Å². The van der Waals surface area contributed by atoms with Crippen molar-refractivity contribution in [3.05, 3.63) is 22.2 Å². The van der Waals surface area contributed by atoms with Crippen molar-refractivity contribution >= 4 is 15.9 Å². The predicted octanol–water partition coefficient (Wildman–Crippen LogP) is 4.83. The van der Waals surface area contributed by atoms with Gasteiger partial charge >= 0.3 is 0 Å². The van der Waals surface area contributed by atoms with Gasteiger partial charge in [0.25, 0.3) is 0 Å². The molecule has 0 radical (unpaired) electrons. The lowest BCUT2D eigenvalue weighted by Crippen LogP contribution is -2.23. The molecule has 0 aliphatic heterocycles. The van der Waals surface area contributed by atoms with Crippen LogP contribution >= 0.6 is 15.9 Å². The maximum absolute atomic E-state index is 6.59. The third kappa shape index (κ3) is 4.13. The Labute approximate surface area is 136 Å². The van der Waals surface area contributed by atoms with Gasteiger partial charge in [0.05, 0.1) is 18.7 Å². The molecule has 1 saturated carbocycles. The van der Waals surface area contributed by atoms with Crippen LogP contribution in [0, 0.1) is 5.92 Å². The fraction of sp³-hybridized carbons (Fsp3) is 0.647. The van der Waals surface area contributed by atoms with Crippen molar-refractivity contribution in [1.29, 1.82) is 0 Å². The Morgan fingerprint density at radius 3 is 2.14 bits per heavy atom. The molecule has 1 atom stereocenters. The fourth-order valence-corrected chi connectivity index (χ4v) is 3.73. The lowest BCUT2D eigenvalue weighted by molar-refractivity contribution is 0.317. The summed E-state index contributed by atoms with van der Waals surface area (Å²) in [7, 11) is 3.38. The van der Waals surface area contributed by atoms with Crippen molar-refractivity contribution < 1.29 is 9.47 Å². The van der Waals surface area contributed by atoms with Crippen molar-refractivity contribution in [3.63, 3.8) is 0 Å². The molecule has 4 heteroatoms. The maximum atomic E-state index is 6.59. The summed E-state index contributed by atoms with van der Waals surface area (Å²) < 4.78 is 11.8. The number of methoxy groups -OCH3 is 2. The van der Waals surface area contributed by atoms with E-state index in [-0.39, 0.29) is 6.04 Å². The van der Waals surface area contributed by atoms with Gasteiger partial charge in [-0.2, -0.15) is 0 Å². The lowest BCUT2D eigenvalue weighted by Gasteiger charge is -2.27. The minimum Gasteiger partial charge on any atom is -0.496 e. The monoisotopic (exact) mass is 355 g/mol. The Bertz CT molecular complexity index is 456. The van der Waals surface area contributed by atoms with Crippen LogP contribution in [0.3, 0.4) is 0 Å². The van der Waals surface area contributed by atoms with Gasteiger partial charge < -0.3 is 15.2 Å². The smallest absolute Gasteiger partial charge is 0.133 e. The molecule has 1 aliphatic rings. The highest BCUT2D eigenvalue weighted by Gasteiger charge is 2.24. The predicted molar refractivity (Wildman–Crippen MR) is 90.0 cm³/mol. The first-order chi connectivity index (χ1) is 10.2. The van der Waals surface area contributed by atoms with Crippen molar-refractivity contribution in [2.24, 2.45) is 11.7 Å². The molecule has 1 aromatic carbocycles. The summed E-state index contributed by atoms with van der Waals surface area (Å²) in [4.78, 5) is 0. The molecule has 0 spiro atoms. The van der Waals surface area contributed by atoms with Crippen molar-refractivity contribution in [3.8, 4) is 11.5 Å². The molecule has 0 heterocycles. The zero-order valence-electron chi connectivity index (χ0n) is 13.0. The van der Waals surface area contributed by atoms with Gasteiger partial charge in [-0.3, -0.25) is 0 Å². The SMILES string of the molecule is COc1cc(C(N)C2CCCCCCC2)c(OC)cc1Br. The molecular weight excluding hydrogens is 330 g/mol. The van der Waals surface area contributed by atoms with Gasteiger partial charge in [-0.15, -0.1) is 0 Å². The molecule has 0 aromatic heterocycles. The highest BCUT2D eigenvalue weighted by atomic mass is 79.9. The molecule has 3 nitrogen and oxygen atoms in total. The maximum Gasteiger partial charge on any atom is 0.133 e. The van der Waals surface area contributed by atoms with E-state index >= 15 is 0 Å². The average Bonchev–Trinajstić information content (AvgIpc) is 2.46. The van der Waals surface area contributed by atoms with E-state index in [4.69, 9.17) is 15.2 Å². The van der Waals surface area contributed by atoms with E-state index in [1.54, 1.807) is 14.2 Å². The van der Waals surface area contributed by atoms with E-state index in [9.17, 15) is 0 Å². The van der Waals surface area contributed by atoms with Gasteiger partial charge in [-0.25, -0.2) is 0 Å². The molecule has 1 aliphatic carbocycles. The standard InChI is InChI=1S/C17H26BrNO2/c1-20-15-11-14(18)16(21-2)10-13(15)17(19)12-8-6-4-3-5-7-9-12/h10-12,17H,3-9,19H2,1-2H3. The molecule has 2 N–H and O–H groups in total. The molecular formula is C17H26BrNO2. The number of rotatable bonds is 4. The molecule has 0 amide bonds. The van der Waals surface area contributed by atoms with Crippen molar-refractivity contribution in [1.82, 2.24) is 0 Å². The Hall–Kier alpha value is -0.740. The first kappa shape index (κ1) is 16.6. The van der Waals surface area contributed by atoms with Gasteiger partial charge in [-0.05, 0) is 46.8 Å². The van der Waals surface area contributed by atoms with E-state index < -0.39 is 0 Å². The summed E-state index contributed by atoms with van der Waals surface area (Å²) in [5.74, 6) is 2.19. The van der Waals surface area contributed by atoms with Crippen molar-refractivity contribution in [2.45, 2.75) is 51.0 Å². The van der Waals surface area contributed by atoms with E-state index in [0.29, 0.717) is 5.92 Å². The van der Waals surface area contributed by atoms with Gasteiger partial charge in [-0.1, -0.05) is 32.1 Å². The summed E-state index contributed by atoms with van der Waals surface area (Å²) in [5.41, 5.74) is 7.65. The summed E-state index contributed by atoms with van der Waals surface area (Å²) in [6, 6.07) is 3.99. The first-order valence-corrected chi connectivity index (χ1v) is 8.63. The molecule has 1 fully saturated rings. The largest absolute Gasteiger partial charge is 0.496 e. The summed E-state index contributed by atoms with van der Waals surface area (Å²) in [6.45, 7) is 0. The van der Waals surface area contributed by atoms with E-state index in [1.165, 1.54) is 44.9 Å². The number of nitrogens with two attached hydrogens (primary N) is 1. The third-order valence-electron chi connectivity index (χ3n) is 4.52. The van der Waals surface area contributed by atoms with E-state index in [1.807, 2.05) is 12.1 Å². The summed E-state index contributed by atoms with van der Waals surface area (Å²) in [6.07, 6.45) is 9.04. The quantitative estimate of drug-likeness (QED) is 0.841. The second-order valence-corrected chi connectivity index (χ2v) is 6.71. The Morgan fingerprint density at radius 2 is 1.57 bits per heavy atom. The molecule has 0 bridgehead atoms. The lowest BCUT2D eigenvalue weighted by atomic mass is 9.83. The molecule has 2 rings (SSSR count). The number of hydrogen-bond acceptors (Lipinski definition) is 3. The van der Waals surface area contributed by atoms with Gasteiger partial charge in [0.2, 0.25) is 0 Å². The van der Waals surface area contributed by atoms with Crippen LogP contribution in [0.15, 0.2) is 16.6 Å². The minimum absolute atomic E-state index is 0.0139. The van der Waals surface area contributed by atoms with Gasteiger partial charge in [0, 0.05) is 11.6 Å². The van der Waals surface area contributed by atoms with E-state index in [2.05, 4.69) is 15.9 Å². The summed E-state index contributed by atoms with van der Waals surface area (Å²) >= 11 is 3.50. The normalized spacial score (nSPS) is 18.7. The van der Waals surface area contributed by atoms with Gasteiger partial charge in [0.15, 0.2) is 0 Å². The topological polar surface area (TPSA) is 44.5 Å². The molecule has 1 unspecified atom stereocenters. The highest BCUT2D eigenvalue weighted by molar-refractivity contribution is 9.10. The Kier molecular flexibility index (Phi) is 6.37. The number of benzene rings is 1. The number of ether oxygens (including phenoxy) is 2. The van der Waals surface area contributed by atoms with Crippen LogP contribution in [0.5, 0.6) is 11.5 Å². The molecule has 0 saturated heterocycles.